The number of rotatable bonds is 2. The van der Waals surface area contributed by atoms with Gasteiger partial charge in [-0.1, -0.05) is 0 Å². The van der Waals surface area contributed by atoms with Crippen LogP contribution >= 0.6 is 0 Å². The average molecular weight is 264 g/mol. The minimum atomic E-state index is -0.873. The Labute approximate surface area is 110 Å². The highest BCUT2D eigenvalue weighted by molar-refractivity contribution is 6.06. The minimum Gasteiger partial charge on any atom is -0.479 e. The zero-order chi connectivity index (χ0) is 14.2. The highest BCUT2D eigenvalue weighted by Crippen LogP contribution is 2.28. The van der Waals surface area contributed by atoms with Gasteiger partial charge < -0.3 is 15.4 Å². The Morgan fingerprint density at radius 3 is 2.74 bits per heavy atom. The second-order valence-corrected chi connectivity index (χ2v) is 4.79. The van der Waals surface area contributed by atoms with E-state index in [0.29, 0.717) is 11.5 Å². The van der Waals surface area contributed by atoms with Crippen molar-refractivity contribution in [2.24, 2.45) is 0 Å². The SMILES string of the molecule is COc1nc(N2CC(=O)NC(=O)C2(C)C)ccc1N. The molecule has 1 saturated heterocycles. The molecule has 1 aromatic heterocycles. The Hall–Kier alpha value is -2.31. The van der Waals surface area contributed by atoms with E-state index in [1.807, 2.05) is 0 Å². The molecular weight excluding hydrogens is 248 g/mol. The third kappa shape index (κ3) is 2.18. The van der Waals surface area contributed by atoms with E-state index >= 15 is 0 Å². The van der Waals surface area contributed by atoms with Crippen LogP contribution in [-0.4, -0.2) is 36.0 Å². The topological polar surface area (TPSA) is 97.5 Å². The first-order valence-corrected chi connectivity index (χ1v) is 5.78. The number of hydrogen-bond acceptors (Lipinski definition) is 6. The lowest BCUT2D eigenvalue weighted by Gasteiger charge is -2.40. The lowest BCUT2D eigenvalue weighted by atomic mass is 9.98. The Bertz CT molecular complexity index is 542. The zero-order valence-corrected chi connectivity index (χ0v) is 11.1. The number of carbonyl (C=O) groups excluding carboxylic acids is 2. The van der Waals surface area contributed by atoms with Gasteiger partial charge in [0.1, 0.15) is 11.4 Å². The fourth-order valence-electron chi connectivity index (χ4n) is 1.91. The number of nitrogens with two attached hydrogens (primary N) is 1. The minimum absolute atomic E-state index is 0.0544. The van der Waals surface area contributed by atoms with Gasteiger partial charge in [0.05, 0.1) is 19.3 Å². The van der Waals surface area contributed by atoms with E-state index in [9.17, 15) is 9.59 Å². The standard InChI is InChI=1S/C12H16N4O3/c1-12(2)11(18)15-9(17)6-16(12)8-5-4-7(13)10(14-8)19-3/h4-5H,6,13H2,1-3H3,(H,15,17,18). The van der Waals surface area contributed by atoms with Crippen LogP contribution in [0.25, 0.3) is 0 Å². The highest BCUT2D eigenvalue weighted by atomic mass is 16.5. The molecule has 1 aromatic rings. The summed E-state index contributed by atoms with van der Waals surface area (Å²) in [5.41, 5.74) is 5.23. The molecule has 0 aliphatic carbocycles. The van der Waals surface area contributed by atoms with E-state index in [2.05, 4.69) is 10.3 Å². The molecule has 7 heteroatoms. The van der Waals surface area contributed by atoms with E-state index in [1.54, 1.807) is 30.9 Å². The van der Waals surface area contributed by atoms with Crippen molar-refractivity contribution in [3.05, 3.63) is 12.1 Å². The summed E-state index contributed by atoms with van der Waals surface area (Å²) in [6.07, 6.45) is 0. The molecule has 2 rings (SSSR count). The van der Waals surface area contributed by atoms with Crippen LogP contribution in [0.4, 0.5) is 11.5 Å². The number of imide groups is 1. The summed E-state index contributed by atoms with van der Waals surface area (Å²) in [6, 6.07) is 3.29. The number of methoxy groups -OCH3 is 1. The van der Waals surface area contributed by atoms with Gasteiger partial charge in [0.2, 0.25) is 11.8 Å². The number of carbonyl (C=O) groups is 2. The molecule has 19 heavy (non-hydrogen) atoms. The molecule has 0 radical (unpaired) electrons. The van der Waals surface area contributed by atoms with Gasteiger partial charge in [0, 0.05) is 0 Å². The molecule has 3 N–H and O–H groups in total. The lowest BCUT2D eigenvalue weighted by molar-refractivity contribution is -0.135. The van der Waals surface area contributed by atoms with Gasteiger partial charge in [0.15, 0.2) is 0 Å². The van der Waals surface area contributed by atoms with Gasteiger partial charge in [-0.3, -0.25) is 14.9 Å². The molecule has 0 spiro atoms. The van der Waals surface area contributed by atoms with Crippen LogP contribution in [0.3, 0.4) is 0 Å². The third-order valence-corrected chi connectivity index (χ3v) is 3.13. The molecule has 102 valence electrons. The zero-order valence-electron chi connectivity index (χ0n) is 11.1. The highest BCUT2D eigenvalue weighted by Gasteiger charge is 2.41. The molecule has 7 nitrogen and oxygen atoms in total. The van der Waals surface area contributed by atoms with Gasteiger partial charge in [0.25, 0.3) is 5.91 Å². The predicted octanol–water partition coefficient (Wildman–Crippen LogP) is -0.0862. The van der Waals surface area contributed by atoms with E-state index in [-0.39, 0.29) is 24.2 Å². The van der Waals surface area contributed by atoms with Gasteiger partial charge in [-0.25, -0.2) is 0 Å². The van der Waals surface area contributed by atoms with Crippen molar-refractivity contribution in [3.8, 4) is 5.88 Å². The molecule has 0 saturated carbocycles. The molecule has 0 aromatic carbocycles. The van der Waals surface area contributed by atoms with Crippen molar-refractivity contribution in [2.45, 2.75) is 19.4 Å². The lowest BCUT2D eigenvalue weighted by Crippen LogP contribution is -2.64. The molecule has 1 aliphatic rings. The fraction of sp³-hybridized carbons (Fsp3) is 0.417. The Morgan fingerprint density at radius 1 is 1.42 bits per heavy atom. The number of piperazine rings is 1. The van der Waals surface area contributed by atoms with Crippen molar-refractivity contribution < 1.29 is 14.3 Å². The van der Waals surface area contributed by atoms with Crippen LogP contribution in [0.1, 0.15) is 13.8 Å². The second kappa shape index (κ2) is 4.42. The molecule has 0 atom stereocenters. The normalized spacial score (nSPS) is 18.2. The predicted molar refractivity (Wildman–Crippen MR) is 69.8 cm³/mol. The third-order valence-electron chi connectivity index (χ3n) is 3.13. The summed E-state index contributed by atoms with van der Waals surface area (Å²) in [5.74, 6) is 0.0224. The Balaban J connectivity index is 2.44. The number of anilines is 2. The first kappa shape index (κ1) is 13.1. The molecule has 2 heterocycles. The average Bonchev–Trinajstić information content (AvgIpc) is 2.35. The summed E-state index contributed by atoms with van der Waals surface area (Å²) in [6.45, 7) is 3.50. The van der Waals surface area contributed by atoms with Crippen molar-refractivity contribution in [2.75, 3.05) is 24.3 Å². The fourth-order valence-corrected chi connectivity index (χ4v) is 1.91. The van der Waals surface area contributed by atoms with Crippen LogP contribution in [0.2, 0.25) is 0 Å². The van der Waals surface area contributed by atoms with E-state index in [1.165, 1.54) is 7.11 Å². The summed E-state index contributed by atoms with van der Waals surface area (Å²) < 4.78 is 5.05. The maximum atomic E-state index is 11.9. The molecule has 1 aliphatic heterocycles. The summed E-state index contributed by atoms with van der Waals surface area (Å²) in [4.78, 5) is 29.2. The number of nitrogen functional groups attached to an aromatic ring is 1. The first-order chi connectivity index (χ1) is 8.86. The Kier molecular flexibility index (Phi) is 3.05. The smallest absolute Gasteiger partial charge is 0.251 e. The molecule has 0 unspecified atom stereocenters. The molecular formula is C12H16N4O3. The van der Waals surface area contributed by atoms with Crippen molar-refractivity contribution in [1.29, 1.82) is 0 Å². The number of amides is 2. The largest absolute Gasteiger partial charge is 0.479 e. The maximum Gasteiger partial charge on any atom is 0.251 e. The van der Waals surface area contributed by atoms with Gasteiger partial charge in [-0.15, -0.1) is 0 Å². The number of hydrogen-bond donors (Lipinski definition) is 2. The molecule has 1 fully saturated rings. The number of ether oxygens (including phenoxy) is 1. The Morgan fingerprint density at radius 2 is 2.11 bits per heavy atom. The number of nitrogens with zero attached hydrogens (tertiary/aromatic N) is 2. The van der Waals surface area contributed by atoms with Gasteiger partial charge in [-0.2, -0.15) is 4.98 Å². The van der Waals surface area contributed by atoms with Crippen molar-refractivity contribution in [3.63, 3.8) is 0 Å². The van der Waals surface area contributed by atoms with Gasteiger partial charge in [-0.05, 0) is 26.0 Å². The van der Waals surface area contributed by atoms with Crippen LogP contribution in [0.5, 0.6) is 5.88 Å². The van der Waals surface area contributed by atoms with E-state index < -0.39 is 5.54 Å². The number of aromatic nitrogens is 1. The van der Waals surface area contributed by atoms with E-state index in [4.69, 9.17) is 10.5 Å². The van der Waals surface area contributed by atoms with Crippen molar-refractivity contribution in [1.82, 2.24) is 10.3 Å². The molecule has 2 amide bonds. The summed E-state index contributed by atoms with van der Waals surface area (Å²) >= 11 is 0. The van der Waals surface area contributed by atoms with Crippen LogP contribution in [0.15, 0.2) is 12.1 Å². The molecule has 0 bridgehead atoms. The summed E-state index contributed by atoms with van der Waals surface area (Å²) in [7, 11) is 1.46. The monoisotopic (exact) mass is 264 g/mol. The quantitative estimate of drug-likeness (QED) is 0.725. The number of pyridine rings is 1. The van der Waals surface area contributed by atoms with Crippen LogP contribution in [0, 0.1) is 0 Å². The van der Waals surface area contributed by atoms with Crippen molar-refractivity contribution >= 4 is 23.3 Å². The first-order valence-electron chi connectivity index (χ1n) is 5.78. The van der Waals surface area contributed by atoms with Crippen LogP contribution in [-0.2, 0) is 9.59 Å². The maximum absolute atomic E-state index is 11.9. The van der Waals surface area contributed by atoms with Gasteiger partial charge >= 0.3 is 0 Å². The van der Waals surface area contributed by atoms with Crippen LogP contribution < -0.4 is 20.7 Å². The van der Waals surface area contributed by atoms with E-state index in [0.717, 1.165) is 0 Å². The number of nitrogens with one attached hydrogen (secondary N) is 1. The summed E-state index contributed by atoms with van der Waals surface area (Å²) in [5, 5.41) is 2.31. The second-order valence-electron chi connectivity index (χ2n) is 4.79.